The van der Waals surface area contributed by atoms with Crippen molar-refractivity contribution in [2.24, 2.45) is 5.92 Å². The van der Waals surface area contributed by atoms with Gasteiger partial charge in [-0.05, 0) is 103 Å². The number of piperidine rings is 1. The van der Waals surface area contributed by atoms with Crippen molar-refractivity contribution < 1.29 is 52.7 Å². The molecule has 12 heteroatoms. The van der Waals surface area contributed by atoms with Gasteiger partial charge in [-0.15, -0.1) is 0 Å². The minimum Gasteiger partial charge on any atom is -0.479 e. The standard InChI is InChI=1S/C40H69NO11/c1-4-7-9-11-13-17-28-47-37(48-29-18-14-12-10-8-5-2)25-24-36(43)52-35(23-15-16-27-42)38(39(44)45)49-30-19-20-31-50-40(46)51-33-34-22-21-26-41(6-3)32-34/h7-10,27,34-35,37-38H,4-6,11-26,28-33H2,1-3H3,(H,44,45)/b9-7-,10-8-. The molecular formula is C40H69NO11. The molecule has 300 valence electrons. The molecule has 0 aromatic heterocycles. The summed E-state index contributed by atoms with van der Waals surface area (Å²) in [5.41, 5.74) is 0. The quantitative estimate of drug-likeness (QED) is 0.0230. The summed E-state index contributed by atoms with van der Waals surface area (Å²) in [4.78, 5) is 50.6. The number of carbonyl (C=O) groups excluding carboxylic acids is 3. The first kappa shape index (κ1) is 47.2. The Balaban J connectivity index is 2.57. The minimum atomic E-state index is -1.41. The van der Waals surface area contributed by atoms with E-state index < -0.39 is 36.6 Å². The molecule has 1 aliphatic rings. The number of likely N-dealkylation sites (tertiary alicyclic amines) is 1. The van der Waals surface area contributed by atoms with Gasteiger partial charge in [0.2, 0.25) is 0 Å². The maximum absolute atomic E-state index is 13.0. The number of carboxylic acids is 1. The molecule has 3 unspecified atom stereocenters. The maximum atomic E-state index is 13.0. The van der Waals surface area contributed by atoms with Gasteiger partial charge in [0, 0.05) is 45.1 Å². The number of aldehydes is 1. The van der Waals surface area contributed by atoms with Crippen LogP contribution in [0.3, 0.4) is 0 Å². The molecule has 52 heavy (non-hydrogen) atoms. The van der Waals surface area contributed by atoms with Crippen LogP contribution < -0.4 is 0 Å². The minimum absolute atomic E-state index is 0.0231. The largest absolute Gasteiger partial charge is 0.508 e. The third-order valence-electron chi connectivity index (χ3n) is 8.74. The Morgan fingerprint density at radius 2 is 1.40 bits per heavy atom. The predicted octanol–water partition coefficient (Wildman–Crippen LogP) is 7.82. The first-order chi connectivity index (χ1) is 25.3. The number of unbranched alkanes of at least 4 members (excludes halogenated alkanes) is 6. The number of hydrogen-bond donors (Lipinski definition) is 1. The van der Waals surface area contributed by atoms with E-state index in [0.29, 0.717) is 45.0 Å². The lowest BCUT2D eigenvalue weighted by Gasteiger charge is -2.31. The molecule has 0 aliphatic carbocycles. The molecule has 0 spiro atoms. The maximum Gasteiger partial charge on any atom is 0.508 e. The highest BCUT2D eigenvalue weighted by Crippen LogP contribution is 2.18. The van der Waals surface area contributed by atoms with E-state index in [1.54, 1.807) is 0 Å². The fourth-order valence-electron chi connectivity index (χ4n) is 5.79. The van der Waals surface area contributed by atoms with E-state index in [1.807, 2.05) is 0 Å². The van der Waals surface area contributed by atoms with Crippen LogP contribution in [0.2, 0.25) is 0 Å². The second kappa shape index (κ2) is 32.8. The lowest BCUT2D eigenvalue weighted by molar-refractivity contribution is -0.175. The molecule has 0 bridgehead atoms. The topological polar surface area (TPSA) is 147 Å². The van der Waals surface area contributed by atoms with Gasteiger partial charge in [-0.2, -0.15) is 0 Å². The smallest absolute Gasteiger partial charge is 0.479 e. The number of esters is 1. The van der Waals surface area contributed by atoms with Crippen molar-refractivity contribution in [3.8, 4) is 0 Å². The van der Waals surface area contributed by atoms with Crippen molar-refractivity contribution in [3.05, 3.63) is 24.3 Å². The molecule has 1 aliphatic heterocycles. The van der Waals surface area contributed by atoms with E-state index in [0.717, 1.165) is 90.1 Å². The van der Waals surface area contributed by atoms with E-state index in [1.165, 1.54) is 0 Å². The van der Waals surface area contributed by atoms with Crippen molar-refractivity contribution in [2.75, 3.05) is 52.7 Å². The summed E-state index contributed by atoms with van der Waals surface area (Å²) >= 11 is 0. The second-order valence-electron chi connectivity index (χ2n) is 13.2. The lowest BCUT2D eigenvalue weighted by Crippen LogP contribution is -2.40. The Hall–Kier alpha value is -2.80. The number of carboxylic acid groups (broad SMARTS) is 1. The molecule has 1 fully saturated rings. The average molecular weight is 740 g/mol. The lowest BCUT2D eigenvalue weighted by atomic mass is 9.99. The molecule has 3 atom stereocenters. The summed E-state index contributed by atoms with van der Waals surface area (Å²) in [7, 11) is 0. The van der Waals surface area contributed by atoms with E-state index in [4.69, 9.17) is 28.4 Å². The third-order valence-corrected chi connectivity index (χ3v) is 8.74. The van der Waals surface area contributed by atoms with E-state index in [2.05, 4.69) is 50.0 Å². The molecule has 0 aromatic rings. The number of aliphatic carboxylic acids is 1. The highest BCUT2D eigenvalue weighted by Gasteiger charge is 2.32. The Morgan fingerprint density at radius 3 is 2.02 bits per heavy atom. The van der Waals surface area contributed by atoms with Crippen molar-refractivity contribution in [3.63, 3.8) is 0 Å². The Bertz CT molecular complexity index is 965. The molecule has 0 amide bonds. The SMILES string of the molecule is CC/C=C\CCCCOC(CCC(=O)OC(CCCC=O)C(OCCCCOC(=O)OCC1CCCN(CC)C1)C(=O)O)OCCCC/C=C\CC. The summed E-state index contributed by atoms with van der Waals surface area (Å²) in [5, 5.41) is 9.96. The molecule has 1 N–H and O–H groups in total. The third kappa shape index (κ3) is 25.2. The zero-order chi connectivity index (χ0) is 38.1. The number of allylic oxidation sites excluding steroid dienone is 4. The second-order valence-corrected chi connectivity index (χ2v) is 13.2. The highest BCUT2D eigenvalue weighted by atomic mass is 16.7. The van der Waals surface area contributed by atoms with Gasteiger partial charge in [0.25, 0.3) is 0 Å². The number of nitrogens with zero attached hydrogens (tertiary/aromatic N) is 1. The molecule has 1 heterocycles. The Morgan fingerprint density at radius 1 is 0.769 bits per heavy atom. The van der Waals surface area contributed by atoms with Gasteiger partial charge in [-0.25, -0.2) is 9.59 Å². The van der Waals surface area contributed by atoms with Crippen molar-refractivity contribution in [1.29, 1.82) is 0 Å². The van der Waals surface area contributed by atoms with E-state index in [-0.39, 0.29) is 38.9 Å². The van der Waals surface area contributed by atoms with E-state index >= 15 is 0 Å². The molecule has 0 aromatic carbocycles. The van der Waals surface area contributed by atoms with Gasteiger partial charge in [0.15, 0.2) is 12.4 Å². The highest BCUT2D eigenvalue weighted by molar-refractivity contribution is 5.75. The van der Waals surface area contributed by atoms with Crippen LogP contribution >= 0.6 is 0 Å². The Kier molecular flexibility index (Phi) is 29.8. The van der Waals surface area contributed by atoms with Gasteiger partial charge < -0.3 is 43.2 Å². The van der Waals surface area contributed by atoms with Crippen LogP contribution in [-0.2, 0) is 42.8 Å². The molecule has 1 saturated heterocycles. The molecule has 12 nitrogen and oxygen atoms in total. The summed E-state index contributed by atoms with van der Waals surface area (Å²) in [6.07, 6.45) is 17.2. The predicted molar refractivity (Wildman–Crippen MR) is 200 cm³/mol. The van der Waals surface area contributed by atoms with Crippen LogP contribution in [0.15, 0.2) is 24.3 Å². The first-order valence-electron chi connectivity index (χ1n) is 19.9. The monoisotopic (exact) mass is 739 g/mol. The number of rotatable bonds is 33. The average Bonchev–Trinajstić information content (AvgIpc) is 3.14. The van der Waals surface area contributed by atoms with Crippen LogP contribution in [0.1, 0.15) is 130 Å². The molecule has 0 saturated carbocycles. The number of carbonyl (C=O) groups is 4. The van der Waals surface area contributed by atoms with Crippen LogP contribution in [0, 0.1) is 5.92 Å². The van der Waals surface area contributed by atoms with Crippen molar-refractivity contribution in [1.82, 2.24) is 4.90 Å². The van der Waals surface area contributed by atoms with E-state index in [9.17, 15) is 24.3 Å². The van der Waals surface area contributed by atoms with Gasteiger partial charge in [-0.3, -0.25) is 4.79 Å². The van der Waals surface area contributed by atoms with Crippen LogP contribution in [0.25, 0.3) is 0 Å². The zero-order valence-corrected chi connectivity index (χ0v) is 32.4. The molecule has 1 rings (SSSR count). The summed E-state index contributed by atoms with van der Waals surface area (Å²) in [5.74, 6) is -1.54. The summed E-state index contributed by atoms with van der Waals surface area (Å²) in [6.45, 7) is 10.8. The van der Waals surface area contributed by atoms with Gasteiger partial charge in [0.05, 0.1) is 19.6 Å². The summed E-state index contributed by atoms with van der Waals surface area (Å²) < 4.78 is 33.8. The first-order valence-corrected chi connectivity index (χ1v) is 19.9. The molecular weight excluding hydrogens is 670 g/mol. The van der Waals surface area contributed by atoms with Crippen molar-refractivity contribution >= 4 is 24.4 Å². The fraction of sp³-hybridized carbons (Fsp3) is 0.800. The van der Waals surface area contributed by atoms with Gasteiger partial charge in [0.1, 0.15) is 12.4 Å². The molecule has 0 radical (unpaired) electrons. The Labute approximate surface area is 312 Å². The van der Waals surface area contributed by atoms with Crippen LogP contribution in [0.4, 0.5) is 4.79 Å². The fourth-order valence-corrected chi connectivity index (χ4v) is 5.79. The van der Waals surface area contributed by atoms with Gasteiger partial charge >= 0.3 is 18.1 Å². The van der Waals surface area contributed by atoms with Gasteiger partial charge in [-0.1, -0.05) is 45.1 Å². The van der Waals surface area contributed by atoms with Crippen LogP contribution in [-0.4, -0.2) is 106 Å². The van der Waals surface area contributed by atoms with Crippen molar-refractivity contribution in [2.45, 2.75) is 148 Å². The van der Waals surface area contributed by atoms with Crippen LogP contribution in [0.5, 0.6) is 0 Å². The normalized spacial score (nSPS) is 16.3. The number of hydrogen-bond acceptors (Lipinski definition) is 11. The zero-order valence-electron chi connectivity index (χ0n) is 32.4. The summed E-state index contributed by atoms with van der Waals surface area (Å²) in [6, 6.07) is 0. The number of ether oxygens (including phenoxy) is 6.